The molecule has 6 atom stereocenters. The van der Waals surface area contributed by atoms with E-state index in [9.17, 15) is 5.11 Å². The van der Waals surface area contributed by atoms with Gasteiger partial charge in [-0.3, -0.25) is 0 Å². The summed E-state index contributed by atoms with van der Waals surface area (Å²) in [6.45, 7) is 11.2. The molecule has 1 saturated carbocycles. The molecule has 0 aromatic rings. The van der Waals surface area contributed by atoms with Crippen LogP contribution in [0.15, 0.2) is 0 Å². The predicted molar refractivity (Wildman–Crippen MR) is 82.2 cm³/mol. The number of ether oxygens (including phenoxy) is 1. The summed E-state index contributed by atoms with van der Waals surface area (Å²) < 4.78 is 12.0. The van der Waals surface area contributed by atoms with Gasteiger partial charge in [-0.2, -0.15) is 0 Å². The molecule has 0 radical (unpaired) electrons. The summed E-state index contributed by atoms with van der Waals surface area (Å²) in [7, 11) is -1.81. The van der Waals surface area contributed by atoms with E-state index in [1.807, 2.05) is 0 Å². The molecule has 1 N–H and O–H groups in total. The van der Waals surface area contributed by atoms with Crippen molar-refractivity contribution in [2.24, 2.45) is 0 Å². The Bertz CT molecular complexity index is 332. The summed E-state index contributed by atoms with van der Waals surface area (Å²) in [6.07, 6.45) is -0.424. The zero-order chi connectivity index (χ0) is 13.9. The standard InChI is InChI=1S/C12H22Br2O3Si/c1-12(2,3)18(4,5)17-9-7(14)6(13)8(15)10-11(9)16-10/h6-11,15H,1-5H3/t6-,7-,8+,9+,10-,11+/m0/s1. The Labute approximate surface area is 127 Å². The third kappa shape index (κ3) is 2.61. The number of epoxide rings is 1. The maximum atomic E-state index is 9.99. The van der Waals surface area contributed by atoms with Crippen molar-refractivity contribution in [1.82, 2.24) is 0 Å². The molecule has 3 nitrogen and oxygen atoms in total. The smallest absolute Gasteiger partial charge is 0.192 e. The first-order chi connectivity index (χ1) is 8.06. The van der Waals surface area contributed by atoms with E-state index < -0.39 is 14.4 Å². The number of alkyl halides is 2. The first kappa shape index (κ1) is 15.4. The molecule has 2 aliphatic rings. The van der Waals surface area contributed by atoms with E-state index in [0.717, 1.165) is 0 Å². The van der Waals surface area contributed by atoms with Crippen LogP contribution in [-0.2, 0) is 9.16 Å². The fourth-order valence-corrected chi connectivity index (χ4v) is 4.89. The van der Waals surface area contributed by atoms with Gasteiger partial charge in [-0.15, -0.1) is 0 Å². The fourth-order valence-electron chi connectivity index (χ4n) is 2.06. The van der Waals surface area contributed by atoms with E-state index in [2.05, 4.69) is 65.7 Å². The number of fused-ring (bicyclic) bond motifs is 1. The maximum absolute atomic E-state index is 9.99. The van der Waals surface area contributed by atoms with Crippen LogP contribution in [0.3, 0.4) is 0 Å². The molecule has 1 saturated heterocycles. The van der Waals surface area contributed by atoms with Gasteiger partial charge in [0.1, 0.15) is 12.2 Å². The predicted octanol–water partition coefficient (Wildman–Crippen LogP) is 3.05. The normalized spacial score (nSPS) is 44.7. The van der Waals surface area contributed by atoms with Gasteiger partial charge in [-0.25, -0.2) is 0 Å². The molecule has 18 heavy (non-hydrogen) atoms. The number of halogens is 2. The molecule has 0 aromatic heterocycles. The highest BCUT2D eigenvalue weighted by Gasteiger charge is 2.61. The van der Waals surface area contributed by atoms with Gasteiger partial charge in [0.25, 0.3) is 0 Å². The number of hydrogen-bond acceptors (Lipinski definition) is 3. The van der Waals surface area contributed by atoms with Crippen LogP contribution in [0.5, 0.6) is 0 Å². The molecule has 0 spiro atoms. The van der Waals surface area contributed by atoms with Crippen LogP contribution in [0.4, 0.5) is 0 Å². The van der Waals surface area contributed by atoms with Gasteiger partial charge in [0.15, 0.2) is 8.32 Å². The lowest BCUT2D eigenvalue weighted by atomic mass is 9.95. The Morgan fingerprint density at radius 1 is 1.11 bits per heavy atom. The lowest BCUT2D eigenvalue weighted by Gasteiger charge is -2.42. The molecule has 0 unspecified atom stereocenters. The van der Waals surface area contributed by atoms with Crippen molar-refractivity contribution in [2.75, 3.05) is 0 Å². The minimum Gasteiger partial charge on any atom is -0.410 e. The van der Waals surface area contributed by atoms with Crippen LogP contribution in [0.1, 0.15) is 20.8 Å². The van der Waals surface area contributed by atoms with Crippen LogP contribution >= 0.6 is 31.9 Å². The van der Waals surface area contributed by atoms with Crippen molar-refractivity contribution in [3.63, 3.8) is 0 Å². The monoisotopic (exact) mass is 400 g/mol. The molecular formula is C12H22Br2O3Si. The van der Waals surface area contributed by atoms with Gasteiger partial charge < -0.3 is 14.3 Å². The van der Waals surface area contributed by atoms with Crippen LogP contribution in [0, 0.1) is 0 Å². The second-order valence-corrected chi connectivity index (χ2v) is 13.7. The van der Waals surface area contributed by atoms with Gasteiger partial charge in [-0.1, -0.05) is 52.6 Å². The highest BCUT2D eigenvalue weighted by Crippen LogP contribution is 2.47. The Morgan fingerprint density at radius 2 is 1.67 bits per heavy atom. The van der Waals surface area contributed by atoms with Crippen LogP contribution in [0.2, 0.25) is 18.1 Å². The molecule has 6 heteroatoms. The van der Waals surface area contributed by atoms with Gasteiger partial charge in [0, 0.05) is 0 Å². The summed E-state index contributed by atoms with van der Waals surface area (Å²) in [4.78, 5) is 0.0707. The Kier molecular flexibility index (Phi) is 4.13. The molecule has 2 fully saturated rings. The van der Waals surface area contributed by atoms with E-state index in [1.165, 1.54) is 0 Å². The van der Waals surface area contributed by atoms with Crippen molar-refractivity contribution in [3.8, 4) is 0 Å². The Balaban J connectivity index is 2.11. The highest BCUT2D eigenvalue weighted by atomic mass is 79.9. The average molecular weight is 402 g/mol. The summed E-state index contributed by atoms with van der Waals surface area (Å²) >= 11 is 7.20. The van der Waals surface area contributed by atoms with E-state index in [4.69, 9.17) is 9.16 Å². The molecule has 1 heterocycles. The molecule has 1 aliphatic heterocycles. The van der Waals surface area contributed by atoms with Gasteiger partial charge in [0.05, 0.1) is 21.9 Å². The minimum absolute atomic E-state index is 0.0176. The number of rotatable bonds is 2. The van der Waals surface area contributed by atoms with Crippen molar-refractivity contribution in [2.45, 2.75) is 73.0 Å². The van der Waals surface area contributed by atoms with Crippen molar-refractivity contribution in [1.29, 1.82) is 0 Å². The number of aliphatic hydroxyl groups is 1. The molecule has 0 aromatic carbocycles. The molecule has 0 amide bonds. The lowest BCUT2D eigenvalue weighted by molar-refractivity contribution is 0.0994. The zero-order valence-electron chi connectivity index (χ0n) is 11.5. The summed E-state index contributed by atoms with van der Waals surface area (Å²) in [5, 5.41) is 10.2. The van der Waals surface area contributed by atoms with Crippen LogP contribution < -0.4 is 0 Å². The molecule has 106 valence electrons. The second kappa shape index (κ2) is 4.81. The molecular weight excluding hydrogens is 380 g/mol. The second-order valence-electron chi connectivity index (χ2n) is 6.79. The first-order valence-corrected chi connectivity index (χ1v) is 11.1. The van der Waals surface area contributed by atoms with E-state index in [1.54, 1.807) is 0 Å². The fraction of sp³-hybridized carbons (Fsp3) is 1.00. The Hall–Kier alpha value is 1.06. The number of aliphatic hydroxyl groups excluding tert-OH is 1. The first-order valence-electron chi connectivity index (χ1n) is 6.36. The average Bonchev–Trinajstić information content (AvgIpc) is 2.99. The summed E-state index contributed by atoms with van der Waals surface area (Å²) in [5.41, 5.74) is 0. The zero-order valence-corrected chi connectivity index (χ0v) is 15.7. The maximum Gasteiger partial charge on any atom is 0.192 e. The van der Waals surface area contributed by atoms with E-state index in [-0.39, 0.29) is 33.0 Å². The van der Waals surface area contributed by atoms with Crippen molar-refractivity contribution >= 4 is 40.2 Å². The molecule has 1 aliphatic carbocycles. The molecule has 2 rings (SSSR count). The lowest BCUT2D eigenvalue weighted by Crippen LogP contribution is -2.55. The third-order valence-corrected chi connectivity index (χ3v) is 11.8. The molecule has 0 bridgehead atoms. The number of hydrogen-bond donors (Lipinski definition) is 1. The van der Waals surface area contributed by atoms with Crippen LogP contribution in [0.25, 0.3) is 0 Å². The van der Waals surface area contributed by atoms with Gasteiger partial charge in [-0.05, 0) is 18.1 Å². The Morgan fingerprint density at radius 3 is 2.17 bits per heavy atom. The van der Waals surface area contributed by atoms with Gasteiger partial charge in [0.2, 0.25) is 0 Å². The van der Waals surface area contributed by atoms with Gasteiger partial charge >= 0.3 is 0 Å². The van der Waals surface area contributed by atoms with E-state index in [0.29, 0.717) is 0 Å². The topological polar surface area (TPSA) is 42.0 Å². The largest absolute Gasteiger partial charge is 0.410 e. The summed E-state index contributed by atoms with van der Waals surface area (Å²) in [6, 6.07) is 0. The van der Waals surface area contributed by atoms with Crippen molar-refractivity contribution < 1.29 is 14.3 Å². The minimum atomic E-state index is -1.81. The van der Waals surface area contributed by atoms with Crippen molar-refractivity contribution in [3.05, 3.63) is 0 Å². The van der Waals surface area contributed by atoms with Crippen LogP contribution in [-0.4, -0.2) is 47.5 Å². The SMILES string of the molecule is CC(C)(C)[Si](C)(C)O[C@@H]1[C@@H](Br)[C@H](Br)[C@@H](O)[C@@H]2O[C@H]12. The summed E-state index contributed by atoms with van der Waals surface area (Å²) in [5.74, 6) is 0. The highest BCUT2D eigenvalue weighted by molar-refractivity contribution is 9.12. The third-order valence-electron chi connectivity index (χ3n) is 4.40. The quantitative estimate of drug-likeness (QED) is 0.439. The van der Waals surface area contributed by atoms with E-state index >= 15 is 0 Å².